The van der Waals surface area contributed by atoms with E-state index in [1.165, 1.54) is 6.08 Å². The summed E-state index contributed by atoms with van der Waals surface area (Å²) in [6.45, 7) is 0.473. The summed E-state index contributed by atoms with van der Waals surface area (Å²) in [5.41, 5.74) is 0.546. The van der Waals surface area contributed by atoms with Gasteiger partial charge in [-0.05, 0) is 23.8 Å². The van der Waals surface area contributed by atoms with Crippen molar-refractivity contribution in [2.24, 2.45) is 4.99 Å². The van der Waals surface area contributed by atoms with Gasteiger partial charge >= 0.3 is 0 Å². The lowest BCUT2D eigenvalue weighted by molar-refractivity contribution is 0.678. The van der Waals surface area contributed by atoms with Crippen LogP contribution in [0.15, 0.2) is 53.6 Å². The molecule has 2 nitrogen and oxygen atoms in total. The maximum atomic E-state index is 8.72. The van der Waals surface area contributed by atoms with Crippen molar-refractivity contribution in [1.29, 1.82) is 5.26 Å². The Balaban J connectivity index is 2.48. The second kappa shape index (κ2) is 5.39. The molecular formula is C14H10Cl2N2. The first-order valence-corrected chi connectivity index (χ1v) is 6.14. The van der Waals surface area contributed by atoms with Crippen LogP contribution in [0.3, 0.4) is 0 Å². The van der Waals surface area contributed by atoms with Crippen molar-refractivity contribution in [3.8, 4) is 6.07 Å². The molecule has 90 valence electrons. The van der Waals surface area contributed by atoms with Crippen LogP contribution in [0.1, 0.15) is 5.56 Å². The van der Waals surface area contributed by atoms with Crippen molar-refractivity contribution < 1.29 is 0 Å². The average molecular weight is 277 g/mol. The van der Waals surface area contributed by atoms with Crippen molar-refractivity contribution >= 4 is 28.4 Å². The number of hydrogen-bond donors (Lipinski definition) is 0. The number of rotatable bonds is 2. The maximum absolute atomic E-state index is 8.72. The molecule has 0 spiro atoms. The van der Waals surface area contributed by atoms with Gasteiger partial charge in [0.05, 0.1) is 18.0 Å². The number of halogens is 2. The SMILES string of the molecule is N#C/C=C\C1(c2cccc(Cl)c2)C=CC(Cl)=NC1. The van der Waals surface area contributed by atoms with E-state index in [1.807, 2.05) is 42.5 Å². The number of hydrogen-bond acceptors (Lipinski definition) is 2. The molecule has 0 amide bonds. The van der Waals surface area contributed by atoms with Crippen LogP contribution >= 0.6 is 23.2 Å². The van der Waals surface area contributed by atoms with Gasteiger partial charge in [0.1, 0.15) is 5.17 Å². The summed E-state index contributed by atoms with van der Waals surface area (Å²) in [4.78, 5) is 4.23. The minimum atomic E-state index is -0.445. The average Bonchev–Trinajstić information content (AvgIpc) is 2.39. The summed E-state index contributed by atoms with van der Waals surface area (Å²) >= 11 is 11.9. The molecule has 1 unspecified atom stereocenters. The molecule has 1 aromatic carbocycles. The Bertz CT molecular complexity index is 582. The zero-order chi connectivity index (χ0) is 13.0. The van der Waals surface area contributed by atoms with Crippen LogP contribution in [0.5, 0.6) is 0 Å². The van der Waals surface area contributed by atoms with Gasteiger partial charge in [-0.1, -0.05) is 47.5 Å². The summed E-state index contributed by atoms with van der Waals surface area (Å²) in [5, 5.41) is 9.84. The van der Waals surface area contributed by atoms with E-state index in [0.29, 0.717) is 16.7 Å². The van der Waals surface area contributed by atoms with Gasteiger partial charge in [-0.25, -0.2) is 0 Å². The Morgan fingerprint density at radius 3 is 2.83 bits per heavy atom. The summed E-state index contributed by atoms with van der Waals surface area (Å²) < 4.78 is 0. The maximum Gasteiger partial charge on any atom is 0.123 e. The zero-order valence-electron chi connectivity index (χ0n) is 9.48. The molecular weight excluding hydrogens is 267 g/mol. The number of dihydropyridines is 1. The summed E-state index contributed by atoms with van der Waals surface area (Å²) in [5.74, 6) is 0. The Hall–Kier alpha value is -1.56. The molecule has 0 aliphatic carbocycles. The third kappa shape index (κ3) is 2.64. The quantitative estimate of drug-likeness (QED) is 0.756. The fourth-order valence-electron chi connectivity index (χ4n) is 1.89. The van der Waals surface area contributed by atoms with E-state index in [1.54, 1.807) is 6.08 Å². The zero-order valence-corrected chi connectivity index (χ0v) is 11.0. The highest BCUT2D eigenvalue weighted by Crippen LogP contribution is 2.32. The van der Waals surface area contributed by atoms with Crippen LogP contribution in [0.25, 0.3) is 0 Å². The summed E-state index contributed by atoms with van der Waals surface area (Å²) in [7, 11) is 0. The minimum absolute atomic E-state index is 0.445. The Morgan fingerprint density at radius 1 is 1.39 bits per heavy atom. The molecule has 0 radical (unpaired) electrons. The van der Waals surface area contributed by atoms with Gasteiger partial charge in [0.2, 0.25) is 0 Å². The third-order valence-electron chi connectivity index (χ3n) is 2.83. The highest BCUT2D eigenvalue weighted by molar-refractivity contribution is 6.68. The molecule has 1 aliphatic rings. The Labute approximate surface area is 116 Å². The van der Waals surface area contributed by atoms with Crippen molar-refractivity contribution in [3.05, 3.63) is 59.2 Å². The third-order valence-corrected chi connectivity index (χ3v) is 3.31. The van der Waals surface area contributed by atoms with Gasteiger partial charge in [0, 0.05) is 11.1 Å². The van der Waals surface area contributed by atoms with Crippen LogP contribution in [0, 0.1) is 11.3 Å². The topological polar surface area (TPSA) is 36.1 Å². The van der Waals surface area contributed by atoms with Crippen molar-refractivity contribution in [1.82, 2.24) is 0 Å². The van der Waals surface area contributed by atoms with Crippen LogP contribution in [0.4, 0.5) is 0 Å². The molecule has 4 heteroatoms. The minimum Gasteiger partial charge on any atom is -0.272 e. The van der Waals surface area contributed by atoms with Gasteiger partial charge in [-0.3, -0.25) is 4.99 Å². The first-order chi connectivity index (χ1) is 8.66. The monoisotopic (exact) mass is 276 g/mol. The van der Waals surface area contributed by atoms with Gasteiger partial charge in [0.25, 0.3) is 0 Å². The molecule has 2 rings (SSSR count). The first kappa shape index (κ1) is 12.9. The van der Waals surface area contributed by atoms with E-state index in [2.05, 4.69) is 4.99 Å². The molecule has 0 N–H and O–H groups in total. The molecule has 18 heavy (non-hydrogen) atoms. The van der Waals surface area contributed by atoms with E-state index >= 15 is 0 Å². The Morgan fingerprint density at radius 2 is 2.22 bits per heavy atom. The molecule has 0 fully saturated rings. The molecule has 0 aromatic heterocycles. The smallest absolute Gasteiger partial charge is 0.123 e. The number of allylic oxidation sites excluding steroid dienone is 2. The first-order valence-electron chi connectivity index (χ1n) is 5.39. The van der Waals surface area contributed by atoms with E-state index < -0.39 is 5.41 Å². The molecule has 0 saturated heterocycles. The number of aliphatic imine (C=N–C) groups is 1. The van der Waals surface area contributed by atoms with Crippen LogP contribution in [-0.2, 0) is 5.41 Å². The highest BCUT2D eigenvalue weighted by Gasteiger charge is 2.28. The summed E-state index contributed by atoms with van der Waals surface area (Å²) in [6, 6.07) is 9.55. The van der Waals surface area contributed by atoms with Crippen molar-refractivity contribution in [2.75, 3.05) is 6.54 Å². The van der Waals surface area contributed by atoms with Gasteiger partial charge < -0.3 is 0 Å². The lowest BCUT2D eigenvalue weighted by atomic mass is 9.79. The van der Waals surface area contributed by atoms with Crippen molar-refractivity contribution in [3.63, 3.8) is 0 Å². The van der Waals surface area contributed by atoms with Crippen LogP contribution < -0.4 is 0 Å². The predicted molar refractivity (Wildman–Crippen MR) is 75.2 cm³/mol. The van der Waals surface area contributed by atoms with Gasteiger partial charge in [-0.15, -0.1) is 0 Å². The van der Waals surface area contributed by atoms with E-state index in [-0.39, 0.29) is 0 Å². The van der Waals surface area contributed by atoms with Gasteiger partial charge in [-0.2, -0.15) is 5.26 Å². The fraction of sp³-hybridized carbons (Fsp3) is 0.143. The lowest BCUT2D eigenvalue weighted by Crippen LogP contribution is -2.27. The van der Waals surface area contributed by atoms with Crippen LogP contribution in [-0.4, -0.2) is 11.7 Å². The molecule has 1 atom stereocenters. The standard InChI is InChI=1S/C14H10Cl2N2/c15-12-4-1-3-11(9-12)14(6-2-8-17)7-5-13(16)18-10-14/h1-7,9H,10H2/b6-2-. The van der Waals surface area contributed by atoms with E-state index in [0.717, 1.165) is 5.56 Å². The van der Waals surface area contributed by atoms with Gasteiger partial charge in [0.15, 0.2) is 0 Å². The predicted octanol–water partition coefficient (Wildman–Crippen LogP) is 3.86. The number of benzene rings is 1. The normalized spacial score (nSPS) is 22.8. The highest BCUT2D eigenvalue weighted by atomic mass is 35.5. The van der Waals surface area contributed by atoms with Crippen molar-refractivity contribution in [2.45, 2.75) is 5.41 Å². The number of nitrogens with zero attached hydrogens (tertiary/aromatic N) is 2. The van der Waals surface area contributed by atoms with E-state index in [9.17, 15) is 0 Å². The van der Waals surface area contributed by atoms with Crippen LogP contribution in [0.2, 0.25) is 5.02 Å². The molecule has 0 bridgehead atoms. The molecule has 1 aromatic rings. The number of nitriles is 1. The Kier molecular flexibility index (Phi) is 3.86. The molecule has 0 saturated carbocycles. The molecule has 1 aliphatic heterocycles. The largest absolute Gasteiger partial charge is 0.272 e. The second-order valence-electron chi connectivity index (χ2n) is 3.99. The summed E-state index contributed by atoms with van der Waals surface area (Å²) in [6.07, 6.45) is 6.97. The fourth-order valence-corrected chi connectivity index (χ4v) is 2.20. The second-order valence-corrected chi connectivity index (χ2v) is 4.81. The lowest BCUT2D eigenvalue weighted by Gasteiger charge is -2.28. The van der Waals surface area contributed by atoms with E-state index in [4.69, 9.17) is 28.5 Å². The molecule has 1 heterocycles.